The first-order valence-corrected chi connectivity index (χ1v) is 11.4. The summed E-state index contributed by atoms with van der Waals surface area (Å²) >= 11 is 8.14. The monoisotopic (exact) mass is 556 g/mol. The fourth-order valence-corrected chi connectivity index (χ4v) is 5.60. The van der Waals surface area contributed by atoms with Crippen molar-refractivity contribution in [3.8, 4) is 16.5 Å². The van der Waals surface area contributed by atoms with E-state index in [2.05, 4.69) is 36.8 Å². The van der Waals surface area contributed by atoms with E-state index >= 15 is 0 Å². The number of non-ortho nitro benzene ring substituents is 1. The van der Waals surface area contributed by atoms with Gasteiger partial charge in [0.1, 0.15) is 5.82 Å². The van der Waals surface area contributed by atoms with Gasteiger partial charge in [-0.3, -0.25) is 14.9 Å². The smallest absolute Gasteiger partial charge is 0.268 e. The Kier molecular flexibility index (Phi) is 4.92. The van der Waals surface area contributed by atoms with E-state index in [1.807, 2.05) is 36.4 Å². The molecule has 0 aliphatic carbocycles. The average molecular weight is 558 g/mol. The molecule has 0 atom stereocenters. The normalized spacial score (nSPS) is 11.3. The maximum atomic E-state index is 13.6. The van der Waals surface area contributed by atoms with E-state index in [9.17, 15) is 14.9 Å². The zero-order chi connectivity index (χ0) is 21.7. The van der Waals surface area contributed by atoms with Crippen molar-refractivity contribution >= 4 is 70.0 Å². The number of rotatable bonds is 3. The molecule has 0 saturated heterocycles. The molecule has 5 rings (SSSR count). The van der Waals surface area contributed by atoms with Gasteiger partial charge >= 0.3 is 0 Å². The molecule has 0 aliphatic heterocycles. The molecular formula is C21H10Br2N4O3S. The molecular weight excluding hydrogens is 548 g/mol. The number of fused-ring (bicyclic) bond motifs is 2. The molecule has 7 nitrogen and oxygen atoms in total. The summed E-state index contributed by atoms with van der Waals surface area (Å²) in [6.07, 6.45) is 0. The minimum absolute atomic E-state index is 0.0252. The summed E-state index contributed by atoms with van der Waals surface area (Å²) in [4.78, 5) is 33.7. The summed E-state index contributed by atoms with van der Waals surface area (Å²) in [7, 11) is 0. The van der Waals surface area contributed by atoms with Crippen LogP contribution in [0.15, 0.2) is 74.4 Å². The van der Waals surface area contributed by atoms with Gasteiger partial charge in [-0.15, -0.1) is 0 Å². The van der Waals surface area contributed by atoms with Gasteiger partial charge in [-0.2, -0.15) is 0 Å². The highest BCUT2D eigenvalue weighted by Crippen LogP contribution is 2.32. The summed E-state index contributed by atoms with van der Waals surface area (Å²) in [5, 5.41) is 12.0. The Labute approximate surface area is 195 Å². The molecule has 31 heavy (non-hydrogen) atoms. The Bertz CT molecular complexity index is 1560. The zero-order valence-corrected chi connectivity index (χ0v) is 19.4. The summed E-state index contributed by atoms with van der Waals surface area (Å²) in [6, 6.07) is 17.4. The highest BCUT2D eigenvalue weighted by Gasteiger charge is 2.20. The second-order valence-corrected chi connectivity index (χ2v) is 9.41. The van der Waals surface area contributed by atoms with Crippen molar-refractivity contribution in [2.24, 2.45) is 0 Å². The van der Waals surface area contributed by atoms with E-state index in [4.69, 9.17) is 4.98 Å². The third-order valence-corrected chi connectivity index (χ3v) is 6.75. The fraction of sp³-hybridized carbons (Fsp3) is 0. The van der Waals surface area contributed by atoms with E-state index in [-0.39, 0.29) is 11.2 Å². The van der Waals surface area contributed by atoms with Crippen LogP contribution >= 0.6 is 43.2 Å². The molecule has 0 aliphatic rings. The standard InChI is InChI=1S/C21H10Br2N4O3S/c22-12-8-14-18(15(23)9-12)25-19(11-4-2-1-3-5-11)26(20(14)28)21-24-16-7-6-13(27(29)30)10-17(16)31-21/h1-10H. The number of nitrogens with zero attached hydrogens (tertiary/aromatic N) is 4. The molecule has 0 N–H and O–H groups in total. The van der Waals surface area contributed by atoms with Crippen LogP contribution in [0.25, 0.3) is 37.6 Å². The first-order valence-electron chi connectivity index (χ1n) is 8.95. The van der Waals surface area contributed by atoms with Gasteiger partial charge in [-0.1, -0.05) is 57.6 Å². The lowest BCUT2D eigenvalue weighted by Gasteiger charge is -2.12. The van der Waals surface area contributed by atoms with Crippen LogP contribution < -0.4 is 5.56 Å². The predicted molar refractivity (Wildman–Crippen MR) is 128 cm³/mol. The lowest BCUT2D eigenvalue weighted by molar-refractivity contribution is -0.384. The zero-order valence-electron chi connectivity index (χ0n) is 15.5. The van der Waals surface area contributed by atoms with Crippen LogP contribution in [-0.2, 0) is 0 Å². The second-order valence-electron chi connectivity index (χ2n) is 6.63. The molecule has 0 radical (unpaired) electrons. The number of halogens is 2. The maximum Gasteiger partial charge on any atom is 0.270 e. The molecule has 2 aromatic heterocycles. The van der Waals surface area contributed by atoms with Crippen LogP contribution in [0.4, 0.5) is 5.69 Å². The second kappa shape index (κ2) is 7.63. The van der Waals surface area contributed by atoms with Crippen LogP contribution in [0.5, 0.6) is 0 Å². The summed E-state index contributed by atoms with van der Waals surface area (Å²) in [5.41, 5.74) is 1.57. The molecule has 3 aromatic carbocycles. The number of nitro groups is 1. The molecule has 2 heterocycles. The minimum atomic E-state index is -0.451. The van der Waals surface area contributed by atoms with Gasteiger partial charge in [-0.25, -0.2) is 14.5 Å². The Balaban J connectivity index is 1.87. The Morgan fingerprint density at radius 1 is 1.00 bits per heavy atom. The van der Waals surface area contributed by atoms with Gasteiger partial charge < -0.3 is 0 Å². The van der Waals surface area contributed by atoms with Gasteiger partial charge in [0.05, 0.1) is 26.0 Å². The summed E-state index contributed by atoms with van der Waals surface area (Å²) in [5.74, 6) is 0.440. The molecule has 0 spiro atoms. The number of benzene rings is 3. The average Bonchev–Trinajstić information content (AvgIpc) is 3.17. The van der Waals surface area contributed by atoms with Crippen molar-refractivity contribution in [3.63, 3.8) is 0 Å². The molecule has 10 heteroatoms. The molecule has 0 bridgehead atoms. The van der Waals surface area contributed by atoms with Crippen molar-refractivity contribution in [2.75, 3.05) is 0 Å². The van der Waals surface area contributed by atoms with Crippen molar-refractivity contribution in [1.29, 1.82) is 0 Å². The summed E-state index contributed by atoms with van der Waals surface area (Å²) < 4.78 is 3.51. The van der Waals surface area contributed by atoms with E-state index in [1.165, 1.54) is 28.0 Å². The van der Waals surface area contributed by atoms with E-state index in [1.54, 1.807) is 12.1 Å². The van der Waals surface area contributed by atoms with Crippen LogP contribution in [0.2, 0.25) is 0 Å². The lowest BCUT2D eigenvalue weighted by Crippen LogP contribution is -2.22. The molecule has 0 saturated carbocycles. The SMILES string of the molecule is O=c1c2cc(Br)cc(Br)c2nc(-c2ccccc2)n1-c1nc2ccc([N+](=O)[O-])cc2s1. The van der Waals surface area contributed by atoms with Crippen molar-refractivity contribution in [1.82, 2.24) is 14.5 Å². The fourth-order valence-electron chi connectivity index (χ4n) is 3.28. The van der Waals surface area contributed by atoms with Crippen molar-refractivity contribution in [3.05, 3.63) is 90.1 Å². The number of hydrogen-bond acceptors (Lipinski definition) is 6. The van der Waals surface area contributed by atoms with Gasteiger partial charge in [0.15, 0.2) is 5.13 Å². The van der Waals surface area contributed by atoms with Crippen molar-refractivity contribution in [2.45, 2.75) is 0 Å². The highest BCUT2D eigenvalue weighted by molar-refractivity contribution is 9.11. The van der Waals surface area contributed by atoms with Crippen LogP contribution in [0.1, 0.15) is 0 Å². The number of thiazole rings is 1. The Morgan fingerprint density at radius 3 is 2.52 bits per heavy atom. The first-order chi connectivity index (χ1) is 14.9. The van der Waals surface area contributed by atoms with Gasteiger partial charge in [0.25, 0.3) is 11.2 Å². The number of hydrogen-bond donors (Lipinski definition) is 0. The van der Waals surface area contributed by atoms with E-state index in [0.29, 0.717) is 36.5 Å². The number of nitro benzene ring substituents is 1. The van der Waals surface area contributed by atoms with E-state index in [0.717, 1.165) is 10.0 Å². The molecule has 0 amide bonds. The van der Waals surface area contributed by atoms with Crippen molar-refractivity contribution < 1.29 is 4.92 Å². The first kappa shape index (κ1) is 20.0. The molecule has 152 valence electrons. The lowest BCUT2D eigenvalue weighted by atomic mass is 10.2. The third-order valence-electron chi connectivity index (χ3n) is 4.69. The molecule has 0 unspecified atom stereocenters. The van der Waals surface area contributed by atoms with Gasteiger partial charge in [0, 0.05) is 26.6 Å². The van der Waals surface area contributed by atoms with Crippen LogP contribution in [0.3, 0.4) is 0 Å². The van der Waals surface area contributed by atoms with E-state index < -0.39 is 4.92 Å². The Hall–Kier alpha value is -2.95. The third kappa shape index (κ3) is 3.46. The van der Waals surface area contributed by atoms with Gasteiger partial charge in [-0.05, 0) is 34.1 Å². The minimum Gasteiger partial charge on any atom is -0.268 e. The topological polar surface area (TPSA) is 90.9 Å². The maximum absolute atomic E-state index is 13.6. The Morgan fingerprint density at radius 2 is 1.77 bits per heavy atom. The van der Waals surface area contributed by atoms with Crippen LogP contribution in [0, 0.1) is 10.1 Å². The summed E-state index contributed by atoms with van der Waals surface area (Å²) in [6.45, 7) is 0. The molecule has 5 aromatic rings. The van der Waals surface area contributed by atoms with Crippen LogP contribution in [-0.4, -0.2) is 19.5 Å². The largest absolute Gasteiger partial charge is 0.270 e. The number of aromatic nitrogens is 3. The molecule has 0 fully saturated rings. The highest BCUT2D eigenvalue weighted by atomic mass is 79.9. The quantitative estimate of drug-likeness (QED) is 0.197. The predicted octanol–water partition coefficient (Wildman–Crippen LogP) is 6.10. The van der Waals surface area contributed by atoms with Gasteiger partial charge in [0.2, 0.25) is 0 Å².